The number of esters is 1. The van der Waals surface area contributed by atoms with Crippen molar-refractivity contribution in [1.82, 2.24) is 0 Å². The molecule has 178 valence electrons. The molecule has 1 aliphatic heterocycles. The summed E-state index contributed by atoms with van der Waals surface area (Å²) in [6.07, 6.45) is 0. The molecule has 0 saturated carbocycles. The molecule has 1 heterocycles. The third-order valence-corrected chi connectivity index (χ3v) is 5.57. The number of nitrogens with zero attached hydrogens (tertiary/aromatic N) is 3. The van der Waals surface area contributed by atoms with E-state index >= 15 is 0 Å². The molecule has 4 rings (SSSR count). The third kappa shape index (κ3) is 4.96. The standard InChI is InChI=1S/C25H22N4O6/c1-2-35-25(30)23-22(26-18-10-6-12-20(14-18)28(31)32)16-27(24(23)17-8-4-3-5-9-17)19-11-7-13-21(15-19)29(33)34/h3-15,24,26H,2,16H2,1H3. The van der Waals surface area contributed by atoms with E-state index in [1.165, 1.54) is 24.3 Å². The number of nitro benzene ring substituents is 2. The Balaban J connectivity index is 1.84. The highest BCUT2D eigenvalue weighted by molar-refractivity contribution is 5.94. The zero-order valence-electron chi connectivity index (χ0n) is 18.8. The van der Waals surface area contributed by atoms with Gasteiger partial charge in [-0.15, -0.1) is 0 Å². The molecule has 0 radical (unpaired) electrons. The summed E-state index contributed by atoms with van der Waals surface area (Å²) in [7, 11) is 0. The van der Waals surface area contributed by atoms with Crippen LogP contribution >= 0.6 is 0 Å². The molecule has 1 aliphatic rings. The van der Waals surface area contributed by atoms with Gasteiger partial charge in [-0.05, 0) is 24.6 Å². The molecular weight excluding hydrogens is 452 g/mol. The Morgan fingerprint density at radius 1 is 0.971 bits per heavy atom. The normalized spacial score (nSPS) is 15.1. The minimum Gasteiger partial charge on any atom is -0.463 e. The fourth-order valence-electron chi connectivity index (χ4n) is 4.10. The van der Waals surface area contributed by atoms with Gasteiger partial charge in [0.25, 0.3) is 11.4 Å². The van der Waals surface area contributed by atoms with Gasteiger partial charge in [-0.25, -0.2) is 4.79 Å². The first-order valence-electron chi connectivity index (χ1n) is 10.9. The van der Waals surface area contributed by atoms with Gasteiger partial charge in [-0.3, -0.25) is 20.2 Å². The molecule has 3 aromatic rings. The van der Waals surface area contributed by atoms with E-state index in [9.17, 15) is 25.0 Å². The average molecular weight is 474 g/mol. The van der Waals surface area contributed by atoms with Crippen LogP contribution in [0.1, 0.15) is 18.5 Å². The highest BCUT2D eigenvalue weighted by Gasteiger charge is 2.39. The average Bonchev–Trinajstić information content (AvgIpc) is 3.24. The second-order valence-electron chi connectivity index (χ2n) is 7.76. The van der Waals surface area contributed by atoms with Crippen molar-refractivity contribution in [2.45, 2.75) is 13.0 Å². The highest BCUT2D eigenvalue weighted by Crippen LogP contribution is 2.42. The molecule has 0 aromatic heterocycles. The maximum Gasteiger partial charge on any atom is 0.338 e. The summed E-state index contributed by atoms with van der Waals surface area (Å²) < 4.78 is 5.37. The second kappa shape index (κ2) is 10.0. The largest absolute Gasteiger partial charge is 0.463 e. The van der Waals surface area contributed by atoms with E-state index in [0.29, 0.717) is 22.6 Å². The van der Waals surface area contributed by atoms with Crippen LogP contribution in [0.25, 0.3) is 0 Å². The van der Waals surface area contributed by atoms with E-state index in [2.05, 4.69) is 5.32 Å². The number of non-ortho nitro benzene ring substituents is 2. The van der Waals surface area contributed by atoms with E-state index in [0.717, 1.165) is 5.56 Å². The number of carbonyl (C=O) groups is 1. The van der Waals surface area contributed by atoms with Crippen molar-refractivity contribution in [2.75, 3.05) is 23.4 Å². The number of hydrogen-bond donors (Lipinski definition) is 1. The van der Waals surface area contributed by atoms with Crippen LogP contribution in [0.2, 0.25) is 0 Å². The molecular formula is C25H22N4O6. The first kappa shape index (κ1) is 23.4. The quantitative estimate of drug-likeness (QED) is 0.275. The summed E-state index contributed by atoms with van der Waals surface area (Å²) >= 11 is 0. The van der Waals surface area contributed by atoms with Crippen LogP contribution in [-0.2, 0) is 9.53 Å². The van der Waals surface area contributed by atoms with Gasteiger partial charge < -0.3 is 15.0 Å². The van der Waals surface area contributed by atoms with E-state index < -0.39 is 21.9 Å². The van der Waals surface area contributed by atoms with E-state index in [4.69, 9.17) is 4.74 Å². The van der Waals surface area contributed by atoms with Crippen molar-refractivity contribution >= 4 is 28.7 Å². The molecule has 1 unspecified atom stereocenters. The van der Waals surface area contributed by atoms with Crippen molar-refractivity contribution < 1.29 is 19.4 Å². The number of nitro groups is 2. The van der Waals surface area contributed by atoms with Crippen LogP contribution in [0.5, 0.6) is 0 Å². The summed E-state index contributed by atoms with van der Waals surface area (Å²) in [6.45, 7) is 2.05. The van der Waals surface area contributed by atoms with Crippen LogP contribution in [0.3, 0.4) is 0 Å². The monoisotopic (exact) mass is 474 g/mol. The first-order chi connectivity index (χ1) is 16.9. The molecule has 3 aromatic carbocycles. The molecule has 10 heteroatoms. The number of benzene rings is 3. The third-order valence-electron chi connectivity index (χ3n) is 5.57. The molecule has 0 amide bonds. The SMILES string of the molecule is CCOC(=O)C1=C(Nc2cccc([N+](=O)[O-])c2)CN(c2cccc([N+](=O)[O-])c2)C1c1ccccc1. The maximum atomic E-state index is 13.2. The number of anilines is 2. The second-order valence-corrected chi connectivity index (χ2v) is 7.76. The molecule has 0 saturated heterocycles. The Hall–Kier alpha value is -4.73. The smallest absolute Gasteiger partial charge is 0.338 e. The fraction of sp³-hybridized carbons (Fsp3) is 0.160. The number of rotatable bonds is 8. The Bertz CT molecular complexity index is 1310. The minimum absolute atomic E-state index is 0.0768. The Morgan fingerprint density at radius 3 is 2.29 bits per heavy atom. The van der Waals surface area contributed by atoms with Gasteiger partial charge in [-0.1, -0.05) is 42.5 Å². The lowest BCUT2D eigenvalue weighted by atomic mass is 9.98. The van der Waals surface area contributed by atoms with Crippen molar-refractivity contribution in [1.29, 1.82) is 0 Å². The summed E-state index contributed by atoms with van der Waals surface area (Å²) in [5.74, 6) is -0.540. The van der Waals surface area contributed by atoms with Gasteiger partial charge in [0.2, 0.25) is 0 Å². The zero-order chi connectivity index (χ0) is 24.9. The number of nitrogens with one attached hydrogen (secondary N) is 1. The van der Waals surface area contributed by atoms with Crippen LogP contribution < -0.4 is 10.2 Å². The predicted octanol–water partition coefficient (Wildman–Crippen LogP) is 4.99. The van der Waals surface area contributed by atoms with Gasteiger partial charge in [-0.2, -0.15) is 0 Å². The van der Waals surface area contributed by atoms with Crippen molar-refractivity contribution in [3.8, 4) is 0 Å². The first-order valence-corrected chi connectivity index (χ1v) is 10.9. The molecule has 35 heavy (non-hydrogen) atoms. The molecule has 0 fully saturated rings. The van der Waals surface area contributed by atoms with Crippen LogP contribution in [-0.4, -0.2) is 29.0 Å². The van der Waals surface area contributed by atoms with Gasteiger partial charge in [0, 0.05) is 41.3 Å². The zero-order valence-corrected chi connectivity index (χ0v) is 18.8. The summed E-state index contributed by atoms with van der Waals surface area (Å²) in [5, 5.41) is 25.8. The number of ether oxygens (including phenoxy) is 1. The van der Waals surface area contributed by atoms with E-state index in [-0.39, 0.29) is 24.5 Å². The van der Waals surface area contributed by atoms with Crippen LogP contribution in [0, 0.1) is 20.2 Å². The van der Waals surface area contributed by atoms with Crippen molar-refractivity contribution in [3.63, 3.8) is 0 Å². The Kier molecular flexibility index (Phi) is 6.72. The van der Waals surface area contributed by atoms with E-state index in [1.807, 2.05) is 35.2 Å². The highest BCUT2D eigenvalue weighted by atomic mass is 16.6. The molecule has 1 N–H and O–H groups in total. The topological polar surface area (TPSA) is 128 Å². The van der Waals surface area contributed by atoms with Crippen molar-refractivity contribution in [3.05, 3.63) is 116 Å². The lowest BCUT2D eigenvalue weighted by Gasteiger charge is -2.28. The number of carbonyl (C=O) groups excluding carboxylic acids is 1. The van der Waals surface area contributed by atoms with Gasteiger partial charge in [0.05, 0.1) is 34.6 Å². The van der Waals surface area contributed by atoms with Crippen LogP contribution in [0.4, 0.5) is 22.7 Å². The van der Waals surface area contributed by atoms with Gasteiger partial charge in [0.1, 0.15) is 0 Å². The Labute approximate surface area is 200 Å². The summed E-state index contributed by atoms with van der Waals surface area (Å²) in [4.78, 5) is 36.7. The van der Waals surface area contributed by atoms with E-state index in [1.54, 1.807) is 31.2 Å². The van der Waals surface area contributed by atoms with Crippen LogP contribution in [0.15, 0.2) is 90.1 Å². The predicted molar refractivity (Wildman–Crippen MR) is 130 cm³/mol. The lowest BCUT2D eigenvalue weighted by Crippen LogP contribution is -2.27. The lowest BCUT2D eigenvalue weighted by molar-refractivity contribution is -0.385. The molecule has 0 spiro atoms. The molecule has 1 atom stereocenters. The number of hydrogen-bond acceptors (Lipinski definition) is 8. The fourth-order valence-corrected chi connectivity index (χ4v) is 4.10. The van der Waals surface area contributed by atoms with Gasteiger partial charge >= 0.3 is 5.97 Å². The maximum absolute atomic E-state index is 13.2. The molecule has 0 aliphatic carbocycles. The summed E-state index contributed by atoms with van der Waals surface area (Å²) in [5.41, 5.74) is 2.42. The van der Waals surface area contributed by atoms with Crippen molar-refractivity contribution in [2.24, 2.45) is 0 Å². The minimum atomic E-state index is -0.599. The molecule has 10 nitrogen and oxygen atoms in total. The molecule has 0 bridgehead atoms. The summed E-state index contributed by atoms with van der Waals surface area (Å²) in [6, 6.07) is 20.8. The Morgan fingerprint density at radius 2 is 1.63 bits per heavy atom. The van der Waals surface area contributed by atoms with Gasteiger partial charge in [0.15, 0.2) is 0 Å².